The second kappa shape index (κ2) is 4.76. The summed E-state index contributed by atoms with van der Waals surface area (Å²) in [5, 5.41) is 2.62. The summed E-state index contributed by atoms with van der Waals surface area (Å²) in [4.78, 5) is 15.6. The molecule has 0 unspecified atom stereocenters. The average molecular weight is 234 g/mol. The van der Waals surface area contributed by atoms with Gasteiger partial charge in [-0.15, -0.1) is 11.3 Å². The maximum atomic E-state index is 11.6. The van der Waals surface area contributed by atoms with Gasteiger partial charge in [0.25, 0.3) is 0 Å². The molecule has 2 N–H and O–H groups in total. The minimum absolute atomic E-state index is 0.209. The van der Waals surface area contributed by atoms with Crippen LogP contribution in [0.4, 0.5) is 5.69 Å². The lowest BCUT2D eigenvalue weighted by molar-refractivity contribution is 0.0472. The average Bonchev–Trinajstić information content (AvgIpc) is 2.80. The number of hydrogen-bond donors (Lipinski definition) is 1. The van der Waals surface area contributed by atoms with Crippen molar-refractivity contribution in [3.63, 3.8) is 0 Å². The van der Waals surface area contributed by atoms with E-state index in [4.69, 9.17) is 10.5 Å². The van der Waals surface area contributed by atoms with Crippen LogP contribution in [0.25, 0.3) is 0 Å². The number of esters is 1. The molecule has 2 aromatic rings. The minimum Gasteiger partial charge on any atom is -0.455 e. The zero-order valence-electron chi connectivity index (χ0n) is 8.42. The van der Waals surface area contributed by atoms with Gasteiger partial charge in [0.15, 0.2) is 0 Å². The Morgan fingerprint density at radius 2 is 2.12 bits per heavy atom. The van der Waals surface area contributed by atoms with Gasteiger partial charge in [-0.2, -0.15) is 0 Å². The van der Waals surface area contributed by atoms with E-state index in [9.17, 15) is 4.79 Å². The molecular weight excluding hydrogens is 224 g/mol. The molecule has 0 aliphatic carbocycles. The van der Waals surface area contributed by atoms with E-state index in [0.29, 0.717) is 11.3 Å². The number of nitrogens with zero attached hydrogens (tertiary/aromatic N) is 1. The highest BCUT2D eigenvalue weighted by Crippen LogP contribution is 2.10. The molecule has 0 amide bonds. The van der Waals surface area contributed by atoms with Crippen molar-refractivity contribution in [3.05, 3.63) is 46.4 Å². The van der Waals surface area contributed by atoms with Crippen LogP contribution in [0.5, 0.6) is 0 Å². The van der Waals surface area contributed by atoms with Gasteiger partial charge in [0.1, 0.15) is 11.6 Å². The minimum atomic E-state index is -0.366. The molecule has 1 heterocycles. The number of carbonyl (C=O) groups excluding carboxylic acids is 1. The van der Waals surface area contributed by atoms with E-state index in [-0.39, 0.29) is 12.6 Å². The topological polar surface area (TPSA) is 65.2 Å². The number of anilines is 1. The first kappa shape index (κ1) is 10.6. The zero-order valence-corrected chi connectivity index (χ0v) is 9.24. The number of benzene rings is 1. The highest BCUT2D eigenvalue weighted by molar-refractivity contribution is 7.09. The summed E-state index contributed by atoms with van der Waals surface area (Å²) in [7, 11) is 0. The number of nitrogen functional groups attached to an aromatic ring is 1. The van der Waals surface area contributed by atoms with E-state index in [0.717, 1.165) is 5.01 Å². The lowest BCUT2D eigenvalue weighted by Gasteiger charge is -2.02. The van der Waals surface area contributed by atoms with Crippen molar-refractivity contribution in [2.75, 3.05) is 5.73 Å². The number of rotatable bonds is 3. The Bertz CT molecular complexity index is 465. The standard InChI is InChI=1S/C11H10N2O2S/c12-9-3-1-8(2-4-9)11(14)15-7-10-13-5-6-16-10/h1-6H,7,12H2. The van der Waals surface area contributed by atoms with Crippen molar-refractivity contribution in [1.29, 1.82) is 0 Å². The van der Waals surface area contributed by atoms with Crippen molar-refractivity contribution in [2.45, 2.75) is 6.61 Å². The third kappa shape index (κ3) is 2.58. The molecule has 2 rings (SSSR count). The first-order valence-electron chi connectivity index (χ1n) is 4.67. The van der Waals surface area contributed by atoms with Crippen LogP contribution < -0.4 is 5.73 Å². The van der Waals surface area contributed by atoms with Gasteiger partial charge in [0, 0.05) is 17.3 Å². The van der Waals surface area contributed by atoms with E-state index in [1.807, 2.05) is 5.38 Å². The number of carbonyl (C=O) groups is 1. The molecule has 0 aliphatic rings. The van der Waals surface area contributed by atoms with Gasteiger partial charge < -0.3 is 10.5 Å². The Morgan fingerprint density at radius 3 is 2.75 bits per heavy atom. The molecule has 0 saturated carbocycles. The molecule has 0 spiro atoms. The lowest BCUT2D eigenvalue weighted by Crippen LogP contribution is -2.05. The normalized spacial score (nSPS) is 10.0. The summed E-state index contributed by atoms with van der Waals surface area (Å²) >= 11 is 1.45. The Kier molecular flexibility index (Phi) is 3.16. The fourth-order valence-electron chi connectivity index (χ4n) is 1.15. The van der Waals surface area contributed by atoms with E-state index in [2.05, 4.69) is 4.98 Å². The summed E-state index contributed by atoms with van der Waals surface area (Å²) in [5.74, 6) is -0.366. The van der Waals surface area contributed by atoms with Crippen LogP contribution in [0.15, 0.2) is 35.8 Å². The summed E-state index contributed by atoms with van der Waals surface area (Å²) in [5.41, 5.74) is 6.63. The van der Waals surface area contributed by atoms with Crippen LogP contribution in [0.2, 0.25) is 0 Å². The fraction of sp³-hybridized carbons (Fsp3) is 0.0909. The highest BCUT2D eigenvalue weighted by Gasteiger charge is 2.07. The van der Waals surface area contributed by atoms with Crippen LogP contribution in [0.3, 0.4) is 0 Å². The first-order valence-corrected chi connectivity index (χ1v) is 5.55. The Labute approximate surface area is 96.7 Å². The van der Waals surface area contributed by atoms with E-state index in [1.165, 1.54) is 11.3 Å². The van der Waals surface area contributed by atoms with Crippen LogP contribution in [-0.2, 0) is 11.3 Å². The predicted octanol–water partition coefficient (Wildman–Crippen LogP) is 2.08. The van der Waals surface area contributed by atoms with Crippen LogP contribution in [-0.4, -0.2) is 11.0 Å². The van der Waals surface area contributed by atoms with Crippen molar-refractivity contribution in [3.8, 4) is 0 Å². The Hall–Kier alpha value is -1.88. The van der Waals surface area contributed by atoms with Gasteiger partial charge in [-0.1, -0.05) is 0 Å². The lowest BCUT2D eigenvalue weighted by atomic mass is 10.2. The van der Waals surface area contributed by atoms with Gasteiger partial charge >= 0.3 is 5.97 Å². The third-order valence-corrected chi connectivity index (χ3v) is 2.71. The van der Waals surface area contributed by atoms with E-state index in [1.54, 1.807) is 30.5 Å². The van der Waals surface area contributed by atoms with Crippen molar-refractivity contribution < 1.29 is 9.53 Å². The summed E-state index contributed by atoms with van der Waals surface area (Å²) in [6.45, 7) is 0.209. The van der Waals surface area contributed by atoms with Crippen LogP contribution >= 0.6 is 11.3 Å². The van der Waals surface area contributed by atoms with Crippen molar-refractivity contribution in [1.82, 2.24) is 4.98 Å². The van der Waals surface area contributed by atoms with E-state index < -0.39 is 0 Å². The number of hydrogen-bond acceptors (Lipinski definition) is 5. The van der Waals surface area contributed by atoms with Gasteiger partial charge in [-0.05, 0) is 24.3 Å². The van der Waals surface area contributed by atoms with E-state index >= 15 is 0 Å². The second-order valence-corrected chi connectivity index (χ2v) is 4.10. The molecule has 1 aromatic carbocycles. The number of thiazole rings is 1. The molecule has 0 atom stereocenters. The molecule has 0 saturated heterocycles. The summed E-state index contributed by atoms with van der Waals surface area (Å²) in [6, 6.07) is 6.61. The van der Waals surface area contributed by atoms with Crippen molar-refractivity contribution in [2.24, 2.45) is 0 Å². The fourth-order valence-corrected chi connectivity index (χ4v) is 1.68. The molecule has 0 aliphatic heterocycles. The third-order valence-electron chi connectivity index (χ3n) is 1.96. The first-order chi connectivity index (χ1) is 7.75. The highest BCUT2D eigenvalue weighted by atomic mass is 32.1. The molecule has 82 valence electrons. The van der Waals surface area contributed by atoms with Crippen LogP contribution in [0.1, 0.15) is 15.4 Å². The van der Waals surface area contributed by atoms with Gasteiger partial charge in [0.05, 0.1) is 5.56 Å². The van der Waals surface area contributed by atoms with Crippen LogP contribution in [0, 0.1) is 0 Å². The van der Waals surface area contributed by atoms with Gasteiger partial charge in [-0.25, -0.2) is 9.78 Å². The molecule has 16 heavy (non-hydrogen) atoms. The Morgan fingerprint density at radius 1 is 1.38 bits per heavy atom. The molecule has 0 fully saturated rings. The molecule has 0 radical (unpaired) electrons. The number of ether oxygens (including phenoxy) is 1. The second-order valence-electron chi connectivity index (χ2n) is 3.12. The smallest absolute Gasteiger partial charge is 0.338 e. The molecule has 5 heteroatoms. The Balaban J connectivity index is 1.95. The summed E-state index contributed by atoms with van der Waals surface area (Å²) < 4.78 is 5.08. The zero-order chi connectivity index (χ0) is 11.4. The molecule has 4 nitrogen and oxygen atoms in total. The van der Waals surface area contributed by atoms with Crippen molar-refractivity contribution >= 4 is 23.0 Å². The molecule has 1 aromatic heterocycles. The maximum absolute atomic E-state index is 11.6. The predicted molar refractivity (Wildman–Crippen MR) is 62.1 cm³/mol. The maximum Gasteiger partial charge on any atom is 0.338 e. The monoisotopic (exact) mass is 234 g/mol. The van der Waals surface area contributed by atoms with Gasteiger partial charge in [0.2, 0.25) is 0 Å². The SMILES string of the molecule is Nc1ccc(C(=O)OCc2nccs2)cc1. The van der Waals surface area contributed by atoms with Gasteiger partial charge in [-0.3, -0.25) is 0 Å². The number of nitrogens with two attached hydrogens (primary N) is 1. The number of aromatic nitrogens is 1. The summed E-state index contributed by atoms with van der Waals surface area (Å²) in [6.07, 6.45) is 1.68. The molecular formula is C11H10N2O2S. The quantitative estimate of drug-likeness (QED) is 0.652. The molecule has 0 bridgehead atoms. The largest absolute Gasteiger partial charge is 0.455 e.